The Morgan fingerprint density at radius 3 is 2.56 bits per heavy atom. The van der Waals surface area contributed by atoms with Gasteiger partial charge < -0.3 is 15.5 Å². The maximum absolute atomic E-state index is 12.0. The molecule has 0 atom stereocenters. The van der Waals surface area contributed by atoms with Gasteiger partial charge in [0.25, 0.3) is 5.91 Å². The standard InChI is InChI=1S/C18H25N3O3S/c22-16(2-1-8-19-17(23)14-7-11-25-12-14)20-15-5-9-21(10-6-15)18(24)13-3-4-13/h7,11-13,15H,1-6,8-10H2,(H,19,23)(H,20,22). The van der Waals surface area contributed by atoms with E-state index < -0.39 is 0 Å². The average Bonchev–Trinajstić information content (AvgIpc) is 3.32. The molecule has 0 bridgehead atoms. The number of likely N-dealkylation sites (tertiary alicyclic amines) is 1. The average molecular weight is 363 g/mol. The van der Waals surface area contributed by atoms with E-state index in [0.29, 0.717) is 30.9 Å². The second kappa shape index (κ2) is 8.47. The highest BCUT2D eigenvalue weighted by Gasteiger charge is 2.35. The minimum atomic E-state index is -0.0886. The molecule has 0 spiro atoms. The van der Waals surface area contributed by atoms with Crippen LogP contribution in [0.3, 0.4) is 0 Å². The van der Waals surface area contributed by atoms with Gasteiger partial charge in [0.2, 0.25) is 11.8 Å². The summed E-state index contributed by atoms with van der Waals surface area (Å²) in [6.07, 6.45) is 4.78. The Balaban J connectivity index is 1.27. The first kappa shape index (κ1) is 17.9. The Hall–Kier alpha value is -1.89. The molecule has 1 saturated carbocycles. The van der Waals surface area contributed by atoms with E-state index in [1.807, 2.05) is 15.7 Å². The predicted octanol–water partition coefficient (Wildman–Crippen LogP) is 1.78. The highest BCUT2D eigenvalue weighted by molar-refractivity contribution is 7.08. The van der Waals surface area contributed by atoms with Gasteiger partial charge in [-0.25, -0.2) is 0 Å². The highest BCUT2D eigenvalue weighted by Crippen LogP contribution is 2.31. The maximum atomic E-state index is 12.0. The lowest BCUT2D eigenvalue weighted by atomic mass is 10.0. The lowest BCUT2D eigenvalue weighted by Crippen LogP contribution is -2.47. The van der Waals surface area contributed by atoms with Crippen molar-refractivity contribution in [1.82, 2.24) is 15.5 Å². The number of carbonyl (C=O) groups excluding carboxylic acids is 3. The summed E-state index contributed by atoms with van der Waals surface area (Å²) < 4.78 is 0. The second-order valence-corrected chi connectivity index (χ2v) is 7.59. The molecule has 7 heteroatoms. The van der Waals surface area contributed by atoms with Crippen LogP contribution in [0.15, 0.2) is 16.8 Å². The minimum Gasteiger partial charge on any atom is -0.353 e. The largest absolute Gasteiger partial charge is 0.353 e. The van der Waals surface area contributed by atoms with Crippen LogP contribution in [0.1, 0.15) is 48.9 Å². The van der Waals surface area contributed by atoms with Crippen LogP contribution >= 0.6 is 11.3 Å². The predicted molar refractivity (Wildman–Crippen MR) is 96.4 cm³/mol. The molecular weight excluding hydrogens is 338 g/mol. The van der Waals surface area contributed by atoms with Crippen molar-refractivity contribution in [1.29, 1.82) is 0 Å². The number of thiophene rings is 1. The van der Waals surface area contributed by atoms with Gasteiger partial charge in [-0.3, -0.25) is 14.4 Å². The molecule has 1 saturated heterocycles. The van der Waals surface area contributed by atoms with E-state index in [4.69, 9.17) is 0 Å². The van der Waals surface area contributed by atoms with E-state index in [9.17, 15) is 14.4 Å². The van der Waals surface area contributed by atoms with Gasteiger partial charge in [0.15, 0.2) is 0 Å². The molecule has 3 rings (SSSR count). The molecule has 1 aromatic rings. The Bertz CT molecular complexity index is 605. The summed E-state index contributed by atoms with van der Waals surface area (Å²) in [5.74, 6) is 0.507. The van der Waals surface area contributed by atoms with E-state index in [1.54, 1.807) is 6.07 Å². The van der Waals surface area contributed by atoms with Crippen LogP contribution in [0.2, 0.25) is 0 Å². The van der Waals surface area contributed by atoms with E-state index in [-0.39, 0.29) is 23.8 Å². The molecule has 1 aliphatic carbocycles. The molecule has 25 heavy (non-hydrogen) atoms. The van der Waals surface area contributed by atoms with Crippen molar-refractivity contribution in [3.05, 3.63) is 22.4 Å². The van der Waals surface area contributed by atoms with E-state index in [0.717, 1.165) is 38.8 Å². The van der Waals surface area contributed by atoms with Crippen molar-refractivity contribution in [2.75, 3.05) is 19.6 Å². The van der Waals surface area contributed by atoms with Gasteiger partial charge in [-0.15, -0.1) is 0 Å². The molecule has 136 valence electrons. The van der Waals surface area contributed by atoms with Gasteiger partial charge in [0, 0.05) is 49.0 Å². The van der Waals surface area contributed by atoms with Gasteiger partial charge >= 0.3 is 0 Å². The van der Waals surface area contributed by atoms with Crippen molar-refractivity contribution in [3.8, 4) is 0 Å². The monoisotopic (exact) mass is 363 g/mol. The molecule has 2 heterocycles. The van der Waals surface area contributed by atoms with E-state index in [2.05, 4.69) is 10.6 Å². The zero-order valence-electron chi connectivity index (χ0n) is 14.3. The third kappa shape index (κ3) is 5.29. The van der Waals surface area contributed by atoms with Crippen LogP contribution in [0.5, 0.6) is 0 Å². The number of nitrogens with zero attached hydrogens (tertiary/aromatic N) is 1. The minimum absolute atomic E-state index is 0.0248. The molecule has 2 aliphatic rings. The van der Waals surface area contributed by atoms with Gasteiger partial charge in [-0.05, 0) is 43.6 Å². The van der Waals surface area contributed by atoms with Gasteiger partial charge in [-0.2, -0.15) is 11.3 Å². The second-order valence-electron chi connectivity index (χ2n) is 6.81. The molecule has 1 aliphatic heterocycles. The number of nitrogens with one attached hydrogen (secondary N) is 2. The summed E-state index contributed by atoms with van der Waals surface area (Å²) in [6, 6.07) is 1.95. The van der Waals surface area contributed by atoms with Crippen molar-refractivity contribution in [2.24, 2.45) is 5.92 Å². The summed E-state index contributed by atoms with van der Waals surface area (Å²) in [7, 11) is 0. The normalized spacial score (nSPS) is 18.0. The molecular formula is C18H25N3O3S. The first-order chi connectivity index (χ1) is 12.1. The maximum Gasteiger partial charge on any atom is 0.252 e. The van der Waals surface area contributed by atoms with Crippen LogP contribution in [0.25, 0.3) is 0 Å². The highest BCUT2D eigenvalue weighted by atomic mass is 32.1. The Labute approximate surface area is 152 Å². The van der Waals surface area contributed by atoms with Crippen LogP contribution in [-0.2, 0) is 9.59 Å². The first-order valence-electron chi connectivity index (χ1n) is 9.02. The summed E-state index contributed by atoms with van der Waals surface area (Å²) in [4.78, 5) is 37.7. The van der Waals surface area contributed by atoms with Gasteiger partial charge in [-0.1, -0.05) is 0 Å². The third-order valence-corrected chi connectivity index (χ3v) is 5.43. The van der Waals surface area contributed by atoms with Crippen LogP contribution in [0, 0.1) is 5.92 Å². The quantitative estimate of drug-likeness (QED) is 0.725. The molecule has 2 fully saturated rings. The van der Waals surface area contributed by atoms with Crippen LogP contribution in [-0.4, -0.2) is 48.3 Å². The fraction of sp³-hybridized carbons (Fsp3) is 0.611. The molecule has 2 N–H and O–H groups in total. The Morgan fingerprint density at radius 2 is 1.92 bits per heavy atom. The number of carbonyl (C=O) groups is 3. The number of rotatable bonds is 7. The summed E-state index contributed by atoms with van der Waals surface area (Å²) >= 11 is 1.49. The number of piperidine rings is 1. The summed E-state index contributed by atoms with van der Waals surface area (Å²) in [5, 5.41) is 9.55. The summed E-state index contributed by atoms with van der Waals surface area (Å²) in [5.41, 5.74) is 0.668. The molecule has 0 unspecified atom stereocenters. The fourth-order valence-corrected chi connectivity index (χ4v) is 3.72. The topological polar surface area (TPSA) is 78.5 Å². The zero-order chi connectivity index (χ0) is 17.6. The van der Waals surface area contributed by atoms with Crippen molar-refractivity contribution in [2.45, 2.75) is 44.6 Å². The Morgan fingerprint density at radius 1 is 1.16 bits per heavy atom. The third-order valence-electron chi connectivity index (χ3n) is 4.75. The molecule has 0 radical (unpaired) electrons. The smallest absolute Gasteiger partial charge is 0.252 e. The van der Waals surface area contributed by atoms with Crippen molar-refractivity contribution >= 4 is 29.1 Å². The van der Waals surface area contributed by atoms with E-state index in [1.165, 1.54) is 11.3 Å². The number of hydrogen-bond acceptors (Lipinski definition) is 4. The SMILES string of the molecule is O=C(CCCNC(=O)c1ccsc1)NC1CCN(C(=O)C2CC2)CC1. The van der Waals surface area contributed by atoms with Crippen LogP contribution in [0.4, 0.5) is 0 Å². The molecule has 3 amide bonds. The first-order valence-corrected chi connectivity index (χ1v) is 9.96. The lowest BCUT2D eigenvalue weighted by molar-refractivity contribution is -0.133. The molecule has 1 aromatic heterocycles. The zero-order valence-corrected chi connectivity index (χ0v) is 15.1. The van der Waals surface area contributed by atoms with E-state index >= 15 is 0 Å². The van der Waals surface area contributed by atoms with Gasteiger partial charge in [0.05, 0.1) is 0 Å². The number of hydrogen-bond donors (Lipinski definition) is 2. The van der Waals surface area contributed by atoms with Crippen LogP contribution < -0.4 is 10.6 Å². The molecule has 6 nitrogen and oxygen atoms in total. The fourth-order valence-electron chi connectivity index (χ4n) is 3.08. The van der Waals surface area contributed by atoms with Crippen molar-refractivity contribution in [3.63, 3.8) is 0 Å². The van der Waals surface area contributed by atoms with Crippen molar-refractivity contribution < 1.29 is 14.4 Å². The summed E-state index contributed by atoms with van der Waals surface area (Å²) in [6.45, 7) is 1.99. The van der Waals surface area contributed by atoms with Gasteiger partial charge in [0.1, 0.15) is 0 Å². The number of amides is 3. The lowest BCUT2D eigenvalue weighted by Gasteiger charge is -2.32. The molecule has 0 aromatic carbocycles. The Kier molecular flexibility index (Phi) is 6.07.